The van der Waals surface area contributed by atoms with Crippen molar-refractivity contribution in [2.75, 3.05) is 6.61 Å². The van der Waals surface area contributed by atoms with Crippen LogP contribution in [0.5, 0.6) is 5.75 Å². The molecule has 126 valence electrons. The summed E-state index contributed by atoms with van der Waals surface area (Å²) in [5.74, 6) is -0.373. The number of fused-ring (bicyclic) bond motifs is 1. The largest absolute Gasteiger partial charge is 0.483 e. The van der Waals surface area contributed by atoms with Gasteiger partial charge in [-0.1, -0.05) is 23.7 Å². The van der Waals surface area contributed by atoms with Crippen molar-refractivity contribution in [1.29, 1.82) is 0 Å². The van der Waals surface area contributed by atoms with Gasteiger partial charge in [-0.15, -0.1) is 0 Å². The SMILES string of the molecule is NC(=O)COc1cc(-c2cccc(Cl)c2)nc2ccc([N+](=O)[O-])cc12. The molecule has 0 aliphatic carbocycles. The molecule has 3 rings (SSSR count). The first-order valence-corrected chi connectivity index (χ1v) is 7.58. The number of nitrogens with two attached hydrogens (primary N) is 1. The van der Waals surface area contributed by atoms with Crippen molar-refractivity contribution in [2.24, 2.45) is 5.73 Å². The highest BCUT2D eigenvalue weighted by Crippen LogP contribution is 2.33. The maximum Gasteiger partial charge on any atom is 0.270 e. The van der Waals surface area contributed by atoms with Crippen LogP contribution in [0, 0.1) is 10.1 Å². The molecule has 1 amide bonds. The third-order valence-electron chi connectivity index (χ3n) is 3.46. The van der Waals surface area contributed by atoms with Crippen molar-refractivity contribution < 1.29 is 14.5 Å². The van der Waals surface area contributed by atoms with Crippen LogP contribution in [-0.2, 0) is 4.79 Å². The van der Waals surface area contributed by atoms with E-state index in [1.165, 1.54) is 18.2 Å². The summed E-state index contributed by atoms with van der Waals surface area (Å²) in [6.07, 6.45) is 0. The molecule has 1 aromatic heterocycles. The monoisotopic (exact) mass is 357 g/mol. The Hall–Kier alpha value is -3.19. The second-order valence-corrected chi connectivity index (χ2v) is 5.67. The molecule has 0 unspecified atom stereocenters. The molecule has 25 heavy (non-hydrogen) atoms. The summed E-state index contributed by atoms with van der Waals surface area (Å²) in [6.45, 7) is -0.350. The minimum Gasteiger partial charge on any atom is -0.483 e. The molecule has 0 saturated heterocycles. The van der Waals surface area contributed by atoms with Gasteiger partial charge >= 0.3 is 0 Å². The highest BCUT2D eigenvalue weighted by Gasteiger charge is 2.14. The van der Waals surface area contributed by atoms with E-state index in [4.69, 9.17) is 22.1 Å². The van der Waals surface area contributed by atoms with E-state index in [0.29, 0.717) is 21.6 Å². The molecule has 3 aromatic rings. The van der Waals surface area contributed by atoms with Gasteiger partial charge in [-0.3, -0.25) is 14.9 Å². The number of primary amides is 1. The van der Waals surface area contributed by atoms with Gasteiger partial charge in [0.1, 0.15) is 5.75 Å². The number of halogens is 1. The Morgan fingerprint density at radius 3 is 2.72 bits per heavy atom. The second kappa shape index (κ2) is 6.74. The third kappa shape index (κ3) is 3.67. The minimum absolute atomic E-state index is 0.103. The van der Waals surface area contributed by atoms with Crippen LogP contribution in [0.15, 0.2) is 48.5 Å². The summed E-state index contributed by atoms with van der Waals surface area (Å²) in [5, 5.41) is 12.0. The first kappa shape index (κ1) is 16.7. The summed E-state index contributed by atoms with van der Waals surface area (Å²) in [4.78, 5) is 26.0. The zero-order valence-corrected chi connectivity index (χ0v) is 13.6. The Morgan fingerprint density at radius 1 is 1.24 bits per heavy atom. The van der Waals surface area contributed by atoms with Gasteiger partial charge in [0.2, 0.25) is 0 Å². The fourth-order valence-electron chi connectivity index (χ4n) is 2.36. The number of rotatable bonds is 5. The van der Waals surface area contributed by atoms with Crippen LogP contribution in [0.2, 0.25) is 5.02 Å². The van der Waals surface area contributed by atoms with Gasteiger partial charge in [-0.2, -0.15) is 0 Å². The zero-order chi connectivity index (χ0) is 18.0. The number of amides is 1. The number of carbonyl (C=O) groups is 1. The summed E-state index contributed by atoms with van der Waals surface area (Å²) in [5.41, 5.74) is 6.82. The lowest BCUT2D eigenvalue weighted by Gasteiger charge is -2.11. The third-order valence-corrected chi connectivity index (χ3v) is 3.69. The number of aromatic nitrogens is 1. The van der Waals surface area contributed by atoms with Gasteiger partial charge in [0.15, 0.2) is 6.61 Å². The molecule has 0 aliphatic heterocycles. The maximum absolute atomic E-state index is 11.0. The van der Waals surface area contributed by atoms with Gasteiger partial charge in [-0.05, 0) is 18.2 Å². The predicted molar refractivity (Wildman–Crippen MR) is 93.5 cm³/mol. The van der Waals surface area contributed by atoms with Gasteiger partial charge in [-0.25, -0.2) is 4.98 Å². The highest BCUT2D eigenvalue weighted by molar-refractivity contribution is 6.30. The predicted octanol–water partition coefficient (Wildman–Crippen LogP) is 3.33. The summed E-state index contributed by atoms with van der Waals surface area (Å²) >= 11 is 6.02. The van der Waals surface area contributed by atoms with E-state index >= 15 is 0 Å². The smallest absolute Gasteiger partial charge is 0.270 e. The van der Waals surface area contributed by atoms with E-state index in [9.17, 15) is 14.9 Å². The van der Waals surface area contributed by atoms with Gasteiger partial charge < -0.3 is 10.5 Å². The Kier molecular flexibility index (Phi) is 4.49. The molecule has 0 atom stereocenters. The number of nitrogens with zero attached hydrogens (tertiary/aromatic N) is 2. The molecule has 0 bridgehead atoms. The highest BCUT2D eigenvalue weighted by atomic mass is 35.5. The molecule has 0 radical (unpaired) electrons. The number of hydrogen-bond donors (Lipinski definition) is 1. The molecule has 7 nitrogen and oxygen atoms in total. The van der Waals surface area contributed by atoms with Crippen LogP contribution in [-0.4, -0.2) is 22.4 Å². The summed E-state index contributed by atoms with van der Waals surface area (Å²) in [7, 11) is 0. The molecule has 2 N–H and O–H groups in total. The fraction of sp³-hybridized carbons (Fsp3) is 0.0588. The lowest BCUT2D eigenvalue weighted by molar-refractivity contribution is -0.384. The van der Waals surface area contributed by atoms with E-state index < -0.39 is 10.8 Å². The average Bonchev–Trinajstić information content (AvgIpc) is 2.58. The number of hydrogen-bond acceptors (Lipinski definition) is 5. The molecule has 0 spiro atoms. The average molecular weight is 358 g/mol. The number of carbonyl (C=O) groups excluding carboxylic acids is 1. The maximum atomic E-state index is 11.0. The molecule has 8 heteroatoms. The van der Waals surface area contributed by atoms with E-state index in [-0.39, 0.29) is 18.0 Å². The molecule has 0 aliphatic rings. The van der Waals surface area contributed by atoms with Crippen molar-refractivity contribution in [3.63, 3.8) is 0 Å². The molecular formula is C17H12ClN3O4. The number of benzene rings is 2. The normalized spacial score (nSPS) is 10.6. The Morgan fingerprint density at radius 2 is 2.04 bits per heavy atom. The van der Waals surface area contributed by atoms with Crippen molar-refractivity contribution in [1.82, 2.24) is 4.98 Å². The van der Waals surface area contributed by atoms with Crippen LogP contribution < -0.4 is 10.5 Å². The van der Waals surface area contributed by atoms with Crippen molar-refractivity contribution >= 4 is 34.1 Å². The van der Waals surface area contributed by atoms with Gasteiger partial charge in [0.25, 0.3) is 11.6 Å². The molecule has 0 saturated carbocycles. The Bertz CT molecular complexity index is 991. The van der Waals surface area contributed by atoms with E-state index in [0.717, 1.165) is 5.56 Å². The van der Waals surface area contributed by atoms with Crippen LogP contribution in [0.25, 0.3) is 22.2 Å². The van der Waals surface area contributed by atoms with Crippen LogP contribution in [0.3, 0.4) is 0 Å². The number of nitro groups is 1. The molecule has 1 heterocycles. The fourth-order valence-corrected chi connectivity index (χ4v) is 2.55. The first-order valence-electron chi connectivity index (χ1n) is 7.20. The molecular weight excluding hydrogens is 346 g/mol. The molecule has 0 fully saturated rings. The zero-order valence-electron chi connectivity index (χ0n) is 12.8. The topological polar surface area (TPSA) is 108 Å². The van der Waals surface area contributed by atoms with E-state index in [1.54, 1.807) is 24.3 Å². The van der Waals surface area contributed by atoms with Crippen molar-refractivity contribution in [3.8, 4) is 17.0 Å². The quantitative estimate of drug-likeness (QED) is 0.556. The first-order chi connectivity index (χ1) is 11.9. The van der Waals surface area contributed by atoms with Crippen LogP contribution in [0.4, 0.5) is 5.69 Å². The van der Waals surface area contributed by atoms with Crippen molar-refractivity contribution in [2.45, 2.75) is 0 Å². The minimum atomic E-state index is -0.653. The standard InChI is InChI=1S/C17H12ClN3O4/c18-11-3-1-2-10(6-11)15-8-16(25-9-17(19)22)13-7-12(21(23)24)4-5-14(13)20-15/h1-8H,9H2,(H2,19,22). The number of non-ortho nitro benzene ring substituents is 1. The van der Waals surface area contributed by atoms with Crippen LogP contribution >= 0.6 is 11.6 Å². The van der Waals surface area contributed by atoms with Gasteiger partial charge in [0, 0.05) is 34.2 Å². The summed E-state index contributed by atoms with van der Waals surface area (Å²) in [6, 6.07) is 12.9. The molecule has 2 aromatic carbocycles. The second-order valence-electron chi connectivity index (χ2n) is 5.23. The van der Waals surface area contributed by atoms with E-state index in [2.05, 4.69) is 4.98 Å². The number of ether oxygens (including phenoxy) is 1. The summed E-state index contributed by atoms with van der Waals surface area (Å²) < 4.78 is 5.44. The Labute approximate surface area is 147 Å². The van der Waals surface area contributed by atoms with Crippen LogP contribution in [0.1, 0.15) is 0 Å². The van der Waals surface area contributed by atoms with E-state index in [1.807, 2.05) is 6.07 Å². The lowest BCUT2D eigenvalue weighted by Crippen LogP contribution is -2.20. The number of pyridine rings is 1. The Balaban J connectivity index is 2.18. The number of nitro benzene ring substituents is 1. The van der Waals surface area contributed by atoms with Gasteiger partial charge in [0.05, 0.1) is 16.1 Å². The van der Waals surface area contributed by atoms with Crippen molar-refractivity contribution in [3.05, 3.63) is 63.7 Å². The lowest BCUT2D eigenvalue weighted by atomic mass is 10.1.